The molecule has 2 saturated heterocycles. The lowest BCUT2D eigenvalue weighted by Crippen LogP contribution is -2.52. The van der Waals surface area contributed by atoms with E-state index in [-0.39, 0.29) is 17.2 Å². The van der Waals surface area contributed by atoms with Gasteiger partial charge in [-0.15, -0.1) is 0 Å². The predicted octanol–water partition coefficient (Wildman–Crippen LogP) is 4.31. The molecule has 0 spiro atoms. The number of hydrogen-bond donors (Lipinski definition) is 1. The molecule has 2 fully saturated rings. The van der Waals surface area contributed by atoms with Crippen LogP contribution < -0.4 is 5.32 Å². The number of halogens is 3. The molecule has 2 aromatic rings. The minimum absolute atomic E-state index is 0.0588. The fraction of sp³-hybridized carbons (Fsp3) is 0.333. The Balaban J connectivity index is 1.51. The highest BCUT2D eigenvalue weighted by molar-refractivity contribution is 6.35. The SMILES string of the molecule is O=C(Nc1cc(C(=O)N2CCN3CCC[C@@H]3C2)ccc1F)c1cc(Cl)cc(Cl)c1. The number of hydrogen-bond acceptors (Lipinski definition) is 3. The monoisotopic (exact) mass is 435 g/mol. The number of fused-ring (bicyclic) bond motifs is 1. The Kier molecular flexibility index (Phi) is 5.76. The first-order valence-electron chi connectivity index (χ1n) is 9.51. The van der Waals surface area contributed by atoms with Crippen LogP contribution in [0.25, 0.3) is 0 Å². The van der Waals surface area contributed by atoms with Gasteiger partial charge in [0.2, 0.25) is 0 Å². The van der Waals surface area contributed by atoms with Gasteiger partial charge in [-0.05, 0) is 55.8 Å². The standard InChI is InChI=1S/C21H20Cl2FN3O2/c22-15-8-14(9-16(23)11-15)20(28)25-19-10-13(3-4-18(19)24)21(29)27-7-6-26-5-1-2-17(26)12-27/h3-4,8-11,17H,1-2,5-7,12H2,(H,25,28)/t17-/m1/s1. The van der Waals surface area contributed by atoms with E-state index in [1.165, 1.54) is 36.4 Å². The van der Waals surface area contributed by atoms with Crippen LogP contribution in [-0.2, 0) is 0 Å². The maximum atomic E-state index is 14.3. The Labute approximate surface area is 178 Å². The van der Waals surface area contributed by atoms with Crippen molar-refractivity contribution in [3.8, 4) is 0 Å². The fourth-order valence-corrected chi connectivity index (χ4v) is 4.52. The molecule has 0 aromatic heterocycles. The molecule has 2 amide bonds. The number of nitrogens with one attached hydrogen (secondary N) is 1. The fourth-order valence-electron chi connectivity index (χ4n) is 3.99. The molecule has 2 aromatic carbocycles. The van der Waals surface area contributed by atoms with Gasteiger partial charge in [0.25, 0.3) is 11.8 Å². The summed E-state index contributed by atoms with van der Waals surface area (Å²) in [6.45, 7) is 3.28. The van der Waals surface area contributed by atoms with Gasteiger partial charge < -0.3 is 10.2 Å². The Morgan fingerprint density at radius 2 is 1.76 bits per heavy atom. The average Bonchev–Trinajstić information content (AvgIpc) is 3.16. The van der Waals surface area contributed by atoms with Crippen LogP contribution in [0.5, 0.6) is 0 Å². The maximum Gasteiger partial charge on any atom is 0.255 e. The van der Waals surface area contributed by atoms with Crippen LogP contribution in [0.15, 0.2) is 36.4 Å². The molecule has 152 valence electrons. The van der Waals surface area contributed by atoms with Crippen molar-refractivity contribution in [3.05, 3.63) is 63.4 Å². The Morgan fingerprint density at radius 1 is 1.00 bits per heavy atom. The van der Waals surface area contributed by atoms with Crippen LogP contribution in [0, 0.1) is 5.82 Å². The summed E-state index contributed by atoms with van der Waals surface area (Å²) in [6.07, 6.45) is 2.25. The predicted molar refractivity (Wildman–Crippen MR) is 111 cm³/mol. The Morgan fingerprint density at radius 3 is 2.52 bits per heavy atom. The topological polar surface area (TPSA) is 52.7 Å². The first kappa shape index (κ1) is 20.1. The minimum atomic E-state index is -0.622. The molecule has 8 heteroatoms. The number of nitrogens with zero attached hydrogens (tertiary/aromatic N) is 2. The number of anilines is 1. The number of piperazine rings is 1. The molecule has 1 N–H and O–H groups in total. The van der Waals surface area contributed by atoms with E-state index in [4.69, 9.17) is 23.2 Å². The average molecular weight is 436 g/mol. The summed E-state index contributed by atoms with van der Waals surface area (Å²) < 4.78 is 14.3. The van der Waals surface area contributed by atoms with Crippen molar-refractivity contribution in [2.45, 2.75) is 18.9 Å². The van der Waals surface area contributed by atoms with Crippen molar-refractivity contribution in [2.75, 3.05) is 31.5 Å². The van der Waals surface area contributed by atoms with Crippen LogP contribution in [0.3, 0.4) is 0 Å². The van der Waals surface area contributed by atoms with Gasteiger partial charge in [0, 0.05) is 46.8 Å². The number of carbonyl (C=O) groups is 2. The normalized spacial score (nSPS) is 19.1. The molecule has 0 bridgehead atoms. The highest BCUT2D eigenvalue weighted by atomic mass is 35.5. The van der Waals surface area contributed by atoms with Crippen LogP contribution in [0.1, 0.15) is 33.6 Å². The van der Waals surface area contributed by atoms with Crippen LogP contribution in [0.2, 0.25) is 10.0 Å². The summed E-state index contributed by atoms with van der Waals surface area (Å²) in [5.74, 6) is -1.33. The lowest BCUT2D eigenvalue weighted by molar-refractivity contribution is 0.0571. The molecular formula is C21H20Cl2FN3O2. The van der Waals surface area contributed by atoms with Crippen LogP contribution >= 0.6 is 23.2 Å². The first-order valence-corrected chi connectivity index (χ1v) is 10.3. The minimum Gasteiger partial charge on any atom is -0.336 e. The summed E-state index contributed by atoms with van der Waals surface area (Å²) in [5.41, 5.74) is 0.490. The molecule has 2 heterocycles. The van der Waals surface area contributed by atoms with E-state index in [1.54, 1.807) is 0 Å². The molecule has 0 saturated carbocycles. The molecule has 2 aliphatic rings. The smallest absolute Gasteiger partial charge is 0.255 e. The second-order valence-corrected chi connectivity index (χ2v) is 8.26. The molecule has 2 aliphatic heterocycles. The maximum absolute atomic E-state index is 14.3. The lowest BCUT2D eigenvalue weighted by Gasteiger charge is -2.37. The molecule has 4 rings (SSSR count). The molecule has 0 radical (unpaired) electrons. The van der Waals surface area contributed by atoms with E-state index in [9.17, 15) is 14.0 Å². The van der Waals surface area contributed by atoms with E-state index < -0.39 is 11.7 Å². The molecule has 29 heavy (non-hydrogen) atoms. The van der Waals surface area contributed by atoms with Gasteiger partial charge in [0.1, 0.15) is 5.82 Å². The summed E-state index contributed by atoms with van der Waals surface area (Å²) in [5, 5.41) is 3.11. The number of carbonyl (C=O) groups excluding carboxylic acids is 2. The summed E-state index contributed by atoms with van der Waals surface area (Å²) in [6, 6.07) is 8.81. The Hall–Kier alpha value is -2.15. The Bertz CT molecular complexity index is 949. The van der Waals surface area contributed by atoms with Crippen molar-refractivity contribution in [3.63, 3.8) is 0 Å². The molecule has 1 atom stereocenters. The number of benzene rings is 2. The summed E-state index contributed by atoms with van der Waals surface area (Å²) in [4.78, 5) is 29.6. The van der Waals surface area contributed by atoms with E-state index in [0.717, 1.165) is 25.9 Å². The van der Waals surface area contributed by atoms with E-state index >= 15 is 0 Å². The van der Waals surface area contributed by atoms with Gasteiger partial charge in [-0.2, -0.15) is 0 Å². The first-order chi connectivity index (χ1) is 13.9. The summed E-state index contributed by atoms with van der Waals surface area (Å²) >= 11 is 11.9. The van der Waals surface area contributed by atoms with Crippen LogP contribution in [-0.4, -0.2) is 53.8 Å². The highest BCUT2D eigenvalue weighted by Gasteiger charge is 2.32. The molecule has 5 nitrogen and oxygen atoms in total. The van der Waals surface area contributed by atoms with Gasteiger partial charge in [0.05, 0.1) is 5.69 Å². The van der Waals surface area contributed by atoms with Gasteiger partial charge in [-0.1, -0.05) is 23.2 Å². The van der Waals surface area contributed by atoms with Crippen molar-refractivity contribution in [1.82, 2.24) is 9.80 Å². The quantitative estimate of drug-likeness (QED) is 0.781. The van der Waals surface area contributed by atoms with Gasteiger partial charge >= 0.3 is 0 Å². The van der Waals surface area contributed by atoms with Gasteiger partial charge in [-0.25, -0.2) is 4.39 Å². The van der Waals surface area contributed by atoms with Crippen molar-refractivity contribution < 1.29 is 14.0 Å². The third-order valence-electron chi connectivity index (χ3n) is 5.46. The zero-order chi connectivity index (χ0) is 20.5. The van der Waals surface area contributed by atoms with E-state index in [2.05, 4.69) is 10.2 Å². The van der Waals surface area contributed by atoms with E-state index in [0.29, 0.717) is 34.7 Å². The number of amides is 2. The second-order valence-electron chi connectivity index (χ2n) is 7.39. The van der Waals surface area contributed by atoms with Crippen molar-refractivity contribution in [1.29, 1.82) is 0 Å². The molecular weight excluding hydrogens is 416 g/mol. The van der Waals surface area contributed by atoms with Gasteiger partial charge in [0.15, 0.2) is 0 Å². The zero-order valence-corrected chi connectivity index (χ0v) is 17.1. The third kappa shape index (κ3) is 4.39. The molecule has 0 unspecified atom stereocenters. The number of rotatable bonds is 3. The second kappa shape index (κ2) is 8.30. The lowest BCUT2D eigenvalue weighted by atomic mass is 10.1. The van der Waals surface area contributed by atoms with Crippen molar-refractivity contribution in [2.24, 2.45) is 0 Å². The van der Waals surface area contributed by atoms with Crippen LogP contribution in [0.4, 0.5) is 10.1 Å². The third-order valence-corrected chi connectivity index (χ3v) is 5.90. The molecule has 0 aliphatic carbocycles. The zero-order valence-electron chi connectivity index (χ0n) is 15.6. The van der Waals surface area contributed by atoms with Gasteiger partial charge in [-0.3, -0.25) is 14.5 Å². The van der Waals surface area contributed by atoms with Crippen molar-refractivity contribution >= 4 is 40.7 Å². The largest absolute Gasteiger partial charge is 0.336 e. The summed E-state index contributed by atoms with van der Waals surface area (Å²) in [7, 11) is 0. The highest BCUT2D eigenvalue weighted by Crippen LogP contribution is 2.25. The van der Waals surface area contributed by atoms with E-state index in [1.807, 2.05) is 4.90 Å².